The highest BCUT2D eigenvalue weighted by molar-refractivity contribution is 5.95. The summed E-state index contributed by atoms with van der Waals surface area (Å²) in [5.41, 5.74) is 1.81. The Bertz CT molecular complexity index is 1810. The first-order chi connectivity index (χ1) is 25.1. The summed E-state index contributed by atoms with van der Waals surface area (Å²) >= 11 is 0. The third-order valence-electron chi connectivity index (χ3n) is 9.93. The second kappa shape index (κ2) is 15.0. The molecule has 52 heavy (non-hydrogen) atoms. The molecule has 0 radical (unpaired) electrons. The van der Waals surface area contributed by atoms with Crippen molar-refractivity contribution in [3.05, 3.63) is 96.6 Å². The highest BCUT2D eigenvalue weighted by Crippen LogP contribution is 2.37. The van der Waals surface area contributed by atoms with Crippen LogP contribution in [0.1, 0.15) is 19.4 Å². The summed E-state index contributed by atoms with van der Waals surface area (Å²) in [6.45, 7) is 7.17. The van der Waals surface area contributed by atoms with Crippen LogP contribution in [0, 0.1) is 11.6 Å². The predicted molar refractivity (Wildman–Crippen MR) is 188 cm³/mol. The van der Waals surface area contributed by atoms with Gasteiger partial charge in [0.25, 0.3) is 0 Å². The number of rotatable bonds is 12. The SMILES string of the molecule is CC(C)N1C(=O)N(c2ccc(N3CCN(c4ccc(OC[C@H]5OC[C@](Cn6cncn6)(c6ccc(F)cc6F)O5)cc4)CC3)cc2)CC1C(O)CO. The van der Waals surface area contributed by atoms with Crippen LogP contribution in [0.5, 0.6) is 5.75 Å². The first-order valence-corrected chi connectivity index (χ1v) is 17.4. The molecule has 15 heteroatoms. The number of aromatic nitrogens is 3. The van der Waals surface area contributed by atoms with Crippen molar-refractivity contribution in [3.63, 3.8) is 0 Å². The van der Waals surface area contributed by atoms with Crippen LogP contribution in [-0.4, -0.2) is 113 Å². The Labute approximate surface area is 300 Å². The van der Waals surface area contributed by atoms with Gasteiger partial charge >= 0.3 is 6.03 Å². The Morgan fingerprint density at radius 2 is 1.62 bits per heavy atom. The van der Waals surface area contributed by atoms with Gasteiger partial charge in [0.05, 0.1) is 38.4 Å². The number of aliphatic hydroxyl groups is 2. The number of aliphatic hydroxyl groups excluding tert-OH is 2. The first kappa shape index (κ1) is 35.6. The van der Waals surface area contributed by atoms with Gasteiger partial charge in [0, 0.05) is 60.9 Å². The van der Waals surface area contributed by atoms with E-state index in [4.69, 9.17) is 14.2 Å². The number of hydrogen-bond acceptors (Lipinski definition) is 10. The smallest absolute Gasteiger partial charge is 0.325 e. The van der Waals surface area contributed by atoms with E-state index in [1.54, 1.807) is 9.80 Å². The van der Waals surface area contributed by atoms with E-state index in [9.17, 15) is 23.8 Å². The highest BCUT2D eigenvalue weighted by Gasteiger charge is 2.46. The average molecular weight is 720 g/mol. The van der Waals surface area contributed by atoms with Crippen molar-refractivity contribution in [2.45, 2.75) is 50.5 Å². The van der Waals surface area contributed by atoms with Gasteiger partial charge in [-0.2, -0.15) is 5.10 Å². The number of halogens is 2. The summed E-state index contributed by atoms with van der Waals surface area (Å²) in [5, 5.41) is 24.0. The molecule has 276 valence electrons. The van der Waals surface area contributed by atoms with E-state index < -0.39 is 42.3 Å². The number of piperazine rings is 1. The monoisotopic (exact) mass is 719 g/mol. The summed E-state index contributed by atoms with van der Waals surface area (Å²) in [6.07, 6.45) is 1.08. The van der Waals surface area contributed by atoms with Crippen molar-refractivity contribution in [1.82, 2.24) is 19.7 Å². The lowest BCUT2D eigenvalue weighted by Crippen LogP contribution is -2.47. The van der Waals surface area contributed by atoms with Gasteiger partial charge in [-0.3, -0.25) is 4.90 Å². The van der Waals surface area contributed by atoms with E-state index in [-0.39, 0.29) is 37.4 Å². The fraction of sp³-hybridized carbons (Fsp3) is 0.432. The van der Waals surface area contributed by atoms with Crippen molar-refractivity contribution in [3.8, 4) is 5.75 Å². The van der Waals surface area contributed by atoms with Crippen LogP contribution >= 0.6 is 0 Å². The molecule has 0 bridgehead atoms. The Balaban J connectivity index is 0.915. The zero-order valence-corrected chi connectivity index (χ0v) is 29.1. The Hall–Kier alpha value is -4.83. The van der Waals surface area contributed by atoms with Gasteiger partial charge in [0.1, 0.15) is 42.2 Å². The van der Waals surface area contributed by atoms with Crippen molar-refractivity contribution >= 4 is 23.1 Å². The zero-order chi connectivity index (χ0) is 36.4. The molecular formula is C37H43F2N7O6. The third kappa shape index (κ3) is 7.26. The minimum absolute atomic E-state index is 0.0184. The van der Waals surface area contributed by atoms with Crippen molar-refractivity contribution < 1.29 is 38.0 Å². The molecule has 3 saturated heterocycles. The number of amides is 2. The minimum atomic E-state index is -1.25. The summed E-state index contributed by atoms with van der Waals surface area (Å²) < 4.78 is 48.3. The molecule has 0 saturated carbocycles. The Morgan fingerprint density at radius 3 is 2.21 bits per heavy atom. The molecule has 7 rings (SSSR count). The van der Waals surface area contributed by atoms with Crippen LogP contribution in [0.25, 0.3) is 0 Å². The molecule has 4 heterocycles. The number of carbonyl (C=O) groups is 1. The van der Waals surface area contributed by atoms with Crippen LogP contribution in [0.15, 0.2) is 79.4 Å². The summed E-state index contributed by atoms with van der Waals surface area (Å²) in [7, 11) is 0. The number of benzene rings is 3. The third-order valence-corrected chi connectivity index (χ3v) is 9.93. The molecule has 4 atom stereocenters. The number of ether oxygens (including phenoxy) is 3. The van der Waals surface area contributed by atoms with Gasteiger partial charge < -0.3 is 39.1 Å². The van der Waals surface area contributed by atoms with Gasteiger partial charge in [0.15, 0.2) is 6.29 Å². The molecule has 3 aliphatic rings. The normalized spacial score (nSPS) is 22.9. The molecule has 2 amide bonds. The Morgan fingerprint density at radius 1 is 0.962 bits per heavy atom. The largest absolute Gasteiger partial charge is 0.488 e. The van der Waals surface area contributed by atoms with E-state index >= 15 is 0 Å². The topological polar surface area (TPSA) is 129 Å². The molecule has 4 aromatic rings. The van der Waals surface area contributed by atoms with Gasteiger partial charge in [-0.1, -0.05) is 6.07 Å². The fourth-order valence-electron chi connectivity index (χ4n) is 7.24. The molecule has 1 aromatic heterocycles. The average Bonchev–Trinajstić information content (AvgIpc) is 3.90. The molecular weight excluding hydrogens is 676 g/mol. The number of anilines is 3. The van der Waals surface area contributed by atoms with Crippen LogP contribution < -0.4 is 19.4 Å². The van der Waals surface area contributed by atoms with Crippen LogP contribution in [0.3, 0.4) is 0 Å². The van der Waals surface area contributed by atoms with Crippen LogP contribution in [-0.2, 0) is 21.6 Å². The predicted octanol–water partition coefficient (Wildman–Crippen LogP) is 3.60. The van der Waals surface area contributed by atoms with Crippen molar-refractivity contribution in [2.75, 3.05) is 67.2 Å². The molecule has 3 aliphatic heterocycles. The van der Waals surface area contributed by atoms with Gasteiger partial charge in [-0.15, -0.1) is 0 Å². The summed E-state index contributed by atoms with van der Waals surface area (Å²) in [5.74, 6) is -0.787. The lowest BCUT2D eigenvalue weighted by molar-refractivity contribution is -0.117. The maximum Gasteiger partial charge on any atom is 0.325 e. The van der Waals surface area contributed by atoms with Gasteiger partial charge in [-0.25, -0.2) is 23.2 Å². The molecule has 13 nitrogen and oxygen atoms in total. The van der Waals surface area contributed by atoms with E-state index in [1.165, 1.54) is 29.5 Å². The molecule has 0 spiro atoms. The standard InChI is InChI=1S/C37H43F2N7O6/c1-25(2)46-33(34(48)19-47)18-45(36(46)49)29-6-4-27(5-7-29)42-13-15-43(16-14-42)28-8-10-30(11-9-28)50-20-35-51-22-37(52-35,21-44-24-40-23-41-44)31-12-3-26(38)17-32(31)39/h3-12,17,23-25,33-35,47-48H,13-16,18-22H2,1-2H3/t33?,34?,35-,37+/m0/s1. The van der Waals surface area contributed by atoms with E-state index in [0.29, 0.717) is 12.3 Å². The quantitative estimate of drug-likeness (QED) is 0.224. The highest BCUT2D eigenvalue weighted by atomic mass is 19.1. The van der Waals surface area contributed by atoms with Crippen LogP contribution in [0.4, 0.5) is 30.6 Å². The molecule has 0 aliphatic carbocycles. The first-order valence-electron chi connectivity index (χ1n) is 17.4. The second-order valence-corrected chi connectivity index (χ2v) is 13.6. The van der Waals surface area contributed by atoms with Crippen molar-refractivity contribution in [1.29, 1.82) is 0 Å². The lowest BCUT2D eigenvalue weighted by Gasteiger charge is -2.37. The Kier molecular flexibility index (Phi) is 10.3. The molecule has 2 N–H and O–H groups in total. The maximum absolute atomic E-state index is 14.9. The van der Waals surface area contributed by atoms with E-state index in [2.05, 4.69) is 19.9 Å². The number of urea groups is 1. The maximum atomic E-state index is 14.9. The zero-order valence-electron chi connectivity index (χ0n) is 29.1. The fourth-order valence-corrected chi connectivity index (χ4v) is 7.24. The summed E-state index contributed by atoms with van der Waals surface area (Å²) in [4.78, 5) is 25.1. The molecule has 3 fully saturated rings. The van der Waals surface area contributed by atoms with Crippen molar-refractivity contribution in [2.24, 2.45) is 0 Å². The molecule has 2 unspecified atom stereocenters. The number of nitrogens with zero attached hydrogens (tertiary/aromatic N) is 7. The number of hydrogen-bond donors (Lipinski definition) is 2. The summed E-state index contributed by atoms with van der Waals surface area (Å²) in [6, 6.07) is 18.3. The van der Waals surface area contributed by atoms with Crippen LogP contribution in [0.2, 0.25) is 0 Å². The van der Waals surface area contributed by atoms with Gasteiger partial charge in [-0.05, 0) is 68.4 Å². The number of carbonyl (C=O) groups excluding carboxylic acids is 1. The minimum Gasteiger partial charge on any atom is -0.488 e. The van der Waals surface area contributed by atoms with Gasteiger partial charge in [0.2, 0.25) is 0 Å². The van der Waals surface area contributed by atoms with E-state index in [0.717, 1.165) is 49.3 Å². The van der Waals surface area contributed by atoms with E-state index in [1.807, 2.05) is 62.4 Å². The molecule has 3 aromatic carbocycles. The lowest BCUT2D eigenvalue weighted by atomic mass is 9.94. The second-order valence-electron chi connectivity index (χ2n) is 13.6.